The predicted octanol–water partition coefficient (Wildman–Crippen LogP) is 4.58. The minimum atomic E-state index is -3.78. The van der Waals surface area contributed by atoms with Gasteiger partial charge in [0.05, 0.1) is 0 Å². The van der Waals surface area contributed by atoms with E-state index in [1.807, 2.05) is 121 Å². The topological polar surface area (TPSA) is 52.6 Å². The first-order chi connectivity index (χ1) is 17.7. The van der Waals surface area contributed by atoms with Crippen LogP contribution in [0.4, 0.5) is 0 Å². The molecule has 0 spiro atoms. The maximum atomic E-state index is 14.0. The molecule has 6 heteroatoms. The van der Waals surface area contributed by atoms with Crippen LogP contribution in [0, 0.1) is 0 Å². The molecule has 36 heavy (non-hydrogen) atoms. The summed E-state index contributed by atoms with van der Waals surface area (Å²) in [6.07, 6.45) is 0. The molecule has 4 aromatic carbocycles. The summed E-state index contributed by atoms with van der Waals surface area (Å²) in [5.41, 5.74) is 1.36. The van der Waals surface area contributed by atoms with Crippen molar-refractivity contribution >= 4 is 45.2 Å². The molecule has 1 heterocycles. The summed E-state index contributed by atoms with van der Waals surface area (Å²) in [5.74, 6) is 0. The molecule has 0 amide bonds. The third-order valence-electron chi connectivity index (χ3n) is 6.89. The summed E-state index contributed by atoms with van der Waals surface area (Å²) in [4.78, 5) is 28.0. The Morgan fingerprint density at radius 2 is 0.778 bits per heavy atom. The van der Waals surface area contributed by atoms with Crippen molar-refractivity contribution in [2.45, 2.75) is 10.5 Å². The van der Waals surface area contributed by atoms with Gasteiger partial charge in [0.1, 0.15) is 0 Å². The van der Waals surface area contributed by atoms with E-state index in [0.717, 1.165) is 8.79 Å². The van der Waals surface area contributed by atoms with Crippen LogP contribution in [0.3, 0.4) is 0 Å². The number of rotatable bonds is 6. The normalized spacial score (nSPS) is 22.2. The van der Waals surface area contributed by atoms with Crippen molar-refractivity contribution < 1.29 is 17.1 Å². The first-order valence-corrected chi connectivity index (χ1v) is 21.1. The van der Waals surface area contributed by atoms with Gasteiger partial charge in [-0.25, -0.2) is 0 Å². The Hall–Kier alpha value is -2.77. The van der Waals surface area contributed by atoms with Gasteiger partial charge in [-0.05, 0) is 0 Å². The molecule has 0 aromatic heterocycles. The SMILES string of the molecule is O=[C](c1ccccc1)[Ge]1([c]2ccccc2)[CH2]C[O][Ge]([C](=O)c2ccccc2)([c]2ccccc2)[CH2]C[O]1. The van der Waals surface area contributed by atoms with Crippen LogP contribution in [0.1, 0.15) is 20.7 Å². The molecule has 0 radical (unpaired) electrons. The number of hydrogen-bond donors (Lipinski definition) is 0. The number of benzene rings is 4. The quantitative estimate of drug-likeness (QED) is 0.306. The molecule has 1 aliphatic heterocycles. The van der Waals surface area contributed by atoms with Crippen LogP contribution in [0.25, 0.3) is 0 Å². The van der Waals surface area contributed by atoms with Crippen molar-refractivity contribution in [3.8, 4) is 0 Å². The summed E-state index contributed by atoms with van der Waals surface area (Å²) < 4.78 is 15.7. The maximum absolute atomic E-state index is 14.0. The molecule has 4 aromatic rings. The fraction of sp³-hybridized carbons (Fsp3) is 0.133. The molecule has 2 unspecified atom stereocenters. The van der Waals surface area contributed by atoms with E-state index in [2.05, 4.69) is 0 Å². The van der Waals surface area contributed by atoms with Gasteiger partial charge in [0.25, 0.3) is 0 Å². The standard InChI is InChI=1S/C30H28Ge2O4/c33-29(25-13-5-1-6-14-25)31(27-17-9-3-10-18-27)21-23-36-32(22-24-35-31,28-19-11-4-12-20-28)30(34)26-15-7-2-8-16-26/h1-20H,21-24H2. The van der Waals surface area contributed by atoms with Crippen molar-refractivity contribution in [1.29, 1.82) is 0 Å². The summed E-state index contributed by atoms with van der Waals surface area (Å²) in [7, 11) is 0. The van der Waals surface area contributed by atoms with Gasteiger partial charge in [-0.1, -0.05) is 0 Å². The first kappa shape index (κ1) is 24.9. The van der Waals surface area contributed by atoms with Crippen molar-refractivity contribution in [2.75, 3.05) is 13.2 Å². The van der Waals surface area contributed by atoms with Gasteiger partial charge in [0, 0.05) is 0 Å². The van der Waals surface area contributed by atoms with Crippen molar-refractivity contribution in [3.05, 3.63) is 132 Å². The Balaban J connectivity index is 1.53. The van der Waals surface area contributed by atoms with Gasteiger partial charge in [0.15, 0.2) is 0 Å². The summed E-state index contributed by atoms with van der Waals surface area (Å²) in [6.45, 7) is 0.669. The molecule has 4 nitrogen and oxygen atoms in total. The van der Waals surface area contributed by atoms with Crippen LogP contribution in [-0.4, -0.2) is 49.7 Å². The Labute approximate surface area is 217 Å². The fourth-order valence-corrected chi connectivity index (χ4v) is 21.2. The Morgan fingerprint density at radius 1 is 0.472 bits per heavy atom. The third kappa shape index (κ3) is 4.78. The van der Waals surface area contributed by atoms with E-state index >= 15 is 0 Å². The molecule has 1 saturated heterocycles. The van der Waals surface area contributed by atoms with E-state index in [9.17, 15) is 9.59 Å². The number of carbonyl (C=O) groups is 2. The third-order valence-corrected chi connectivity index (χ3v) is 23.2. The van der Waals surface area contributed by atoms with E-state index in [-0.39, 0.29) is 9.23 Å². The molecule has 0 aliphatic carbocycles. The van der Waals surface area contributed by atoms with Gasteiger partial charge in [-0.3, -0.25) is 0 Å². The average molecular weight is 598 g/mol. The second-order valence-electron chi connectivity index (χ2n) is 8.97. The van der Waals surface area contributed by atoms with Gasteiger partial charge >= 0.3 is 219 Å². The Bertz CT molecular complexity index is 1200. The van der Waals surface area contributed by atoms with E-state index < -0.39 is 27.2 Å². The average Bonchev–Trinajstić information content (AvgIpc) is 2.95. The molecule has 2 atom stereocenters. The molecule has 5 rings (SSSR count). The molecule has 0 saturated carbocycles. The summed E-state index contributed by atoms with van der Waals surface area (Å²) in [6, 6.07) is 38.7. The van der Waals surface area contributed by atoms with Gasteiger partial charge < -0.3 is 0 Å². The Morgan fingerprint density at radius 3 is 1.11 bits per heavy atom. The van der Waals surface area contributed by atoms with Gasteiger partial charge in [-0.2, -0.15) is 0 Å². The molecular formula is C30H28Ge2O4. The summed E-state index contributed by atoms with van der Waals surface area (Å²) >= 11 is -7.57. The molecule has 0 bridgehead atoms. The molecule has 1 fully saturated rings. The van der Waals surface area contributed by atoms with Gasteiger partial charge in [-0.15, -0.1) is 0 Å². The predicted molar refractivity (Wildman–Crippen MR) is 147 cm³/mol. The zero-order valence-corrected chi connectivity index (χ0v) is 24.2. The zero-order chi connectivity index (χ0) is 24.8. The summed E-state index contributed by atoms with van der Waals surface area (Å²) in [5, 5.41) is 1.03. The zero-order valence-electron chi connectivity index (χ0n) is 20.0. The second kappa shape index (κ2) is 11.1. The van der Waals surface area contributed by atoms with Crippen molar-refractivity contribution in [2.24, 2.45) is 0 Å². The number of hydrogen-bond acceptors (Lipinski definition) is 4. The van der Waals surface area contributed by atoms with Crippen molar-refractivity contribution in [1.82, 2.24) is 0 Å². The van der Waals surface area contributed by atoms with Crippen LogP contribution in [0.15, 0.2) is 121 Å². The van der Waals surface area contributed by atoms with Crippen LogP contribution in [0.2, 0.25) is 10.5 Å². The van der Waals surface area contributed by atoms with Gasteiger partial charge in [0.2, 0.25) is 0 Å². The second-order valence-corrected chi connectivity index (χ2v) is 23.6. The molecule has 0 N–H and O–H groups in total. The Kier molecular flexibility index (Phi) is 7.67. The van der Waals surface area contributed by atoms with Crippen LogP contribution < -0.4 is 8.79 Å². The first-order valence-electron chi connectivity index (χ1n) is 12.2. The molecular weight excluding hydrogens is 570 g/mol. The molecule has 1 aliphatic rings. The monoisotopic (exact) mass is 600 g/mol. The van der Waals surface area contributed by atoms with E-state index in [0.29, 0.717) is 34.8 Å². The van der Waals surface area contributed by atoms with E-state index in [1.54, 1.807) is 0 Å². The van der Waals surface area contributed by atoms with E-state index in [1.165, 1.54) is 0 Å². The minimum absolute atomic E-state index is 0.0968. The van der Waals surface area contributed by atoms with E-state index in [4.69, 9.17) is 7.53 Å². The van der Waals surface area contributed by atoms with Crippen LogP contribution in [-0.2, 0) is 7.53 Å². The fourth-order valence-electron chi connectivity index (χ4n) is 5.02. The number of carbonyl (C=O) groups excluding carboxylic acids is 2. The molecule has 180 valence electrons. The van der Waals surface area contributed by atoms with Crippen molar-refractivity contribution in [3.63, 3.8) is 0 Å². The van der Waals surface area contributed by atoms with Crippen LogP contribution >= 0.6 is 0 Å². The van der Waals surface area contributed by atoms with Crippen LogP contribution in [0.5, 0.6) is 0 Å².